The van der Waals surface area contributed by atoms with E-state index in [2.05, 4.69) is 30.1 Å². The number of nitrogens with zero attached hydrogens (tertiary/aromatic N) is 1. The van der Waals surface area contributed by atoms with Crippen LogP contribution in [0.3, 0.4) is 0 Å². The molecule has 1 rings (SSSR count). The number of hydrogen-bond acceptors (Lipinski definition) is 4. The monoisotopic (exact) mass is 270 g/mol. The van der Waals surface area contributed by atoms with Crippen LogP contribution in [0.25, 0.3) is 0 Å². The fourth-order valence-corrected chi connectivity index (χ4v) is 2.33. The van der Waals surface area contributed by atoms with Crippen LogP contribution in [0.5, 0.6) is 0 Å². The molecule has 1 N–H and O–H groups in total. The first-order valence-electron chi connectivity index (χ1n) is 7.26. The van der Waals surface area contributed by atoms with Crippen LogP contribution < -0.4 is 5.32 Å². The summed E-state index contributed by atoms with van der Waals surface area (Å²) in [6.45, 7) is 9.32. The summed E-state index contributed by atoms with van der Waals surface area (Å²) in [5, 5.41) is 3.60. The van der Waals surface area contributed by atoms with Crippen LogP contribution in [0.15, 0.2) is 11.6 Å². The van der Waals surface area contributed by atoms with Crippen LogP contribution in [0.4, 0.5) is 0 Å². The lowest BCUT2D eigenvalue weighted by Gasteiger charge is -2.32. The highest BCUT2D eigenvalue weighted by Crippen LogP contribution is 2.10. The maximum Gasteiger partial charge on any atom is 0.0928 e. The van der Waals surface area contributed by atoms with Crippen LogP contribution in [0.1, 0.15) is 26.7 Å². The molecule has 0 radical (unpaired) electrons. The van der Waals surface area contributed by atoms with Crippen molar-refractivity contribution in [3.63, 3.8) is 0 Å². The highest BCUT2D eigenvalue weighted by atomic mass is 16.5. The van der Waals surface area contributed by atoms with Crippen LogP contribution in [0, 0.1) is 0 Å². The number of allylic oxidation sites excluding steroid dienone is 1. The SMILES string of the molecule is COCC(CNC1CCN(CC=C(C)C)CC1)OC. The Balaban J connectivity index is 2.17. The van der Waals surface area contributed by atoms with E-state index in [1.165, 1.54) is 31.5 Å². The van der Waals surface area contributed by atoms with E-state index in [1.807, 2.05) is 0 Å². The zero-order valence-corrected chi connectivity index (χ0v) is 12.9. The molecule has 4 nitrogen and oxygen atoms in total. The Morgan fingerprint density at radius 2 is 2.00 bits per heavy atom. The van der Waals surface area contributed by atoms with Gasteiger partial charge >= 0.3 is 0 Å². The second-order valence-corrected chi connectivity index (χ2v) is 5.58. The Hall–Kier alpha value is -0.420. The van der Waals surface area contributed by atoms with E-state index >= 15 is 0 Å². The molecule has 0 amide bonds. The molecule has 1 heterocycles. The minimum atomic E-state index is 0.161. The summed E-state index contributed by atoms with van der Waals surface area (Å²) in [4.78, 5) is 2.52. The van der Waals surface area contributed by atoms with Crippen molar-refractivity contribution >= 4 is 0 Å². The lowest BCUT2D eigenvalue weighted by atomic mass is 10.0. The van der Waals surface area contributed by atoms with E-state index in [0.717, 1.165) is 13.1 Å². The van der Waals surface area contributed by atoms with Crippen molar-refractivity contribution in [3.8, 4) is 0 Å². The second kappa shape index (κ2) is 9.48. The summed E-state index contributed by atoms with van der Waals surface area (Å²) in [6.07, 6.45) is 4.92. The standard InChI is InChI=1S/C15H30N2O2/c1-13(2)5-8-17-9-6-14(7-10-17)16-11-15(19-4)12-18-3/h5,14-16H,6-12H2,1-4H3. The normalized spacial score (nSPS) is 19.4. The predicted molar refractivity (Wildman–Crippen MR) is 79.6 cm³/mol. The number of hydrogen-bond donors (Lipinski definition) is 1. The molecule has 1 fully saturated rings. The molecule has 1 aliphatic heterocycles. The lowest BCUT2D eigenvalue weighted by Crippen LogP contribution is -2.45. The molecule has 0 spiro atoms. The van der Waals surface area contributed by atoms with E-state index in [4.69, 9.17) is 9.47 Å². The van der Waals surface area contributed by atoms with E-state index in [1.54, 1.807) is 14.2 Å². The van der Waals surface area contributed by atoms with Crippen LogP contribution in [-0.2, 0) is 9.47 Å². The van der Waals surface area contributed by atoms with E-state index < -0.39 is 0 Å². The number of piperidine rings is 1. The average Bonchev–Trinajstić information content (AvgIpc) is 2.42. The summed E-state index contributed by atoms with van der Waals surface area (Å²) < 4.78 is 10.5. The highest BCUT2D eigenvalue weighted by molar-refractivity contribution is 4.95. The van der Waals surface area contributed by atoms with Gasteiger partial charge < -0.3 is 14.8 Å². The number of rotatable bonds is 8. The number of ether oxygens (including phenoxy) is 2. The highest BCUT2D eigenvalue weighted by Gasteiger charge is 2.19. The topological polar surface area (TPSA) is 33.7 Å². The first-order chi connectivity index (χ1) is 9.15. The Morgan fingerprint density at radius 3 is 2.53 bits per heavy atom. The third-order valence-electron chi connectivity index (χ3n) is 3.67. The number of likely N-dealkylation sites (tertiary alicyclic amines) is 1. The minimum Gasteiger partial charge on any atom is -0.382 e. The van der Waals surface area contributed by atoms with Gasteiger partial charge in [0.15, 0.2) is 0 Å². The maximum atomic E-state index is 5.36. The van der Waals surface area contributed by atoms with Crippen LogP contribution in [-0.4, -0.2) is 64.1 Å². The summed E-state index contributed by atoms with van der Waals surface area (Å²) in [7, 11) is 3.46. The van der Waals surface area contributed by atoms with E-state index in [9.17, 15) is 0 Å². The van der Waals surface area contributed by atoms with Gasteiger partial charge in [-0.25, -0.2) is 0 Å². The van der Waals surface area contributed by atoms with Crippen LogP contribution >= 0.6 is 0 Å². The van der Waals surface area contributed by atoms with Crippen molar-refractivity contribution in [3.05, 3.63) is 11.6 Å². The molecule has 0 aromatic heterocycles. The zero-order chi connectivity index (χ0) is 14.1. The number of methoxy groups -OCH3 is 2. The molecule has 1 atom stereocenters. The van der Waals surface area contributed by atoms with Gasteiger partial charge in [-0.05, 0) is 39.8 Å². The second-order valence-electron chi connectivity index (χ2n) is 5.58. The van der Waals surface area contributed by atoms with Gasteiger partial charge in [0.05, 0.1) is 12.7 Å². The molecule has 4 heteroatoms. The van der Waals surface area contributed by atoms with Gasteiger partial charge in [-0.1, -0.05) is 11.6 Å². The molecule has 1 unspecified atom stereocenters. The molecule has 0 aliphatic carbocycles. The Kier molecular flexibility index (Phi) is 8.30. The molecular weight excluding hydrogens is 240 g/mol. The van der Waals surface area contributed by atoms with E-state index in [-0.39, 0.29) is 6.10 Å². The lowest BCUT2D eigenvalue weighted by molar-refractivity contribution is 0.0259. The van der Waals surface area contributed by atoms with Gasteiger partial charge in [0, 0.05) is 33.4 Å². The van der Waals surface area contributed by atoms with Crippen molar-refractivity contribution in [2.24, 2.45) is 0 Å². The summed E-state index contributed by atoms with van der Waals surface area (Å²) >= 11 is 0. The fourth-order valence-electron chi connectivity index (χ4n) is 2.33. The van der Waals surface area contributed by atoms with Gasteiger partial charge in [0.1, 0.15) is 0 Å². The molecule has 1 saturated heterocycles. The molecule has 112 valence electrons. The molecule has 0 bridgehead atoms. The average molecular weight is 270 g/mol. The first kappa shape index (κ1) is 16.6. The summed E-state index contributed by atoms with van der Waals surface area (Å²) in [5.74, 6) is 0. The third-order valence-corrected chi connectivity index (χ3v) is 3.67. The van der Waals surface area contributed by atoms with Crippen molar-refractivity contribution in [2.45, 2.75) is 38.8 Å². The van der Waals surface area contributed by atoms with Crippen LogP contribution in [0.2, 0.25) is 0 Å². The molecule has 0 aromatic carbocycles. The van der Waals surface area contributed by atoms with E-state index in [0.29, 0.717) is 12.6 Å². The Labute approximate surface area is 118 Å². The van der Waals surface area contributed by atoms with Gasteiger partial charge in [-0.2, -0.15) is 0 Å². The zero-order valence-electron chi connectivity index (χ0n) is 12.9. The maximum absolute atomic E-state index is 5.36. The molecular formula is C15H30N2O2. The summed E-state index contributed by atoms with van der Waals surface area (Å²) in [6, 6.07) is 0.623. The summed E-state index contributed by atoms with van der Waals surface area (Å²) in [5.41, 5.74) is 1.41. The van der Waals surface area contributed by atoms with Crippen molar-refractivity contribution in [2.75, 3.05) is 47.0 Å². The van der Waals surface area contributed by atoms with Gasteiger partial charge in [0.2, 0.25) is 0 Å². The smallest absolute Gasteiger partial charge is 0.0928 e. The largest absolute Gasteiger partial charge is 0.382 e. The van der Waals surface area contributed by atoms with Crippen molar-refractivity contribution in [1.29, 1.82) is 0 Å². The van der Waals surface area contributed by atoms with Crippen molar-refractivity contribution < 1.29 is 9.47 Å². The fraction of sp³-hybridized carbons (Fsp3) is 0.867. The molecule has 19 heavy (non-hydrogen) atoms. The minimum absolute atomic E-state index is 0.161. The predicted octanol–water partition coefficient (Wildman–Crippen LogP) is 1.67. The van der Waals surface area contributed by atoms with Gasteiger partial charge in [-0.3, -0.25) is 4.90 Å². The Morgan fingerprint density at radius 1 is 1.32 bits per heavy atom. The molecule has 0 saturated carbocycles. The van der Waals surface area contributed by atoms with Crippen molar-refractivity contribution in [1.82, 2.24) is 10.2 Å². The quantitative estimate of drug-likeness (QED) is 0.680. The van der Waals surface area contributed by atoms with Gasteiger partial charge in [-0.15, -0.1) is 0 Å². The van der Waals surface area contributed by atoms with Gasteiger partial charge in [0.25, 0.3) is 0 Å². The molecule has 1 aliphatic rings. The first-order valence-corrected chi connectivity index (χ1v) is 7.26. The number of nitrogens with one attached hydrogen (secondary N) is 1. The molecule has 0 aromatic rings. The Bertz CT molecular complexity index is 257. The third kappa shape index (κ3) is 7.06.